The molecule has 0 spiro atoms. The number of halogens is 1. The Balaban J connectivity index is 1.17. The van der Waals surface area contributed by atoms with Crippen LogP contribution in [0, 0.1) is 5.92 Å². The lowest BCUT2D eigenvalue weighted by molar-refractivity contribution is -0.122. The van der Waals surface area contributed by atoms with E-state index in [2.05, 4.69) is 62.5 Å². The number of amides is 1. The van der Waals surface area contributed by atoms with Gasteiger partial charge in [-0.25, -0.2) is 0 Å². The number of fused-ring (bicyclic) bond motifs is 1. The second kappa shape index (κ2) is 7.93. The average Bonchev–Trinajstić information content (AvgIpc) is 3.46. The van der Waals surface area contributed by atoms with Crippen molar-refractivity contribution in [3.8, 4) is 0 Å². The van der Waals surface area contributed by atoms with Gasteiger partial charge in [0.05, 0.1) is 0 Å². The molecule has 2 aromatic carbocycles. The summed E-state index contributed by atoms with van der Waals surface area (Å²) in [6.45, 7) is 3.99. The van der Waals surface area contributed by atoms with Gasteiger partial charge in [-0.15, -0.1) is 0 Å². The van der Waals surface area contributed by atoms with E-state index < -0.39 is 0 Å². The Morgan fingerprint density at radius 2 is 2.00 bits per heavy atom. The molecule has 2 unspecified atom stereocenters. The molecule has 1 aliphatic carbocycles. The zero-order chi connectivity index (χ0) is 17.9. The zero-order valence-corrected chi connectivity index (χ0v) is 16.5. The third kappa shape index (κ3) is 4.18. The molecular formula is C22H25BrN2O. The summed E-state index contributed by atoms with van der Waals surface area (Å²) in [6.07, 6.45) is 3.13. The molecule has 2 atom stereocenters. The van der Waals surface area contributed by atoms with Crippen LogP contribution >= 0.6 is 15.9 Å². The van der Waals surface area contributed by atoms with Crippen molar-refractivity contribution in [3.63, 3.8) is 0 Å². The maximum Gasteiger partial charge on any atom is 0.223 e. The normalized spacial score (nSPS) is 21.9. The number of carbonyl (C=O) groups is 1. The van der Waals surface area contributed by atoms with Gasteiger partial charge < -0.3 is 5.32 Å². The number of benzene rings is 2. The molecule has 1 amide bonds. The molecule has 4 rings (SSSR count). The van der Waals surface area contributed by atoms with Gasteiger partial charge in [0.25, 0.3) is 0 Å². The molecule has 1 fully saturated rings. The molecule has 0 radical (unpaired) electrons. The maximum atomic E-state index is 12.4. The predicted molar refractivity (Wildman–Crippen MR) is 108 cm³/mol. The summed E-state index contributed by atoms with van der Waals surface area (Å²) in [5.74, 6) is 0.774. The third-order valence-electron chi connectivity index (χ3n) is 5.56. The van der Waals surface area contributed by atoms with Crippen LogP contribution in [0.1, 0.15) is 35.4 Å². The van der Waals surface area contributed by atoms with E-state index >= 15 is 0 Å². The van der Waals surface area contributed by atoms with Gasteiger partial charge in [0.2, 0.25) is 5.91 Å². The van der Waals surface area contributed by atoms with E-state index in [1.165, 1.54) is 16.7 Å². The van der Waals surface area contributed by atoms with Crippen LogP contribution in [0.4, 0.5) is 0 Å². The molecule has 2 aromatic rings. The Morgan fingerprint density at radius 3 is 2.85 bits per heavy atom. The van der Waals surface area contributed by atoms with Crippen LogP contribution in [-0.2, 0) is 17.8 Å². The van der Waals surface area contributed by atoms with E-state index in [0.717, 1.165) is 49.9 Å². The van der Waals surface area contributed by atoms with Crippen molar-refractivity contribution in [2.45, 2.75) is 31.7 Å². The highest BCUT2D eigenvalue weighted by Crippen LogP contribution is 2.47. The van der Waals surface area contributed by atoms with Crippen LogP contribution in [0.5, 0.6) is 0 Å². The summed E-state index contributed by atoms with van der Waals surface area (Å²) in [7, 11) is 0. The van der Waals surface area contributed by atoms with E-state index in [1.807, 2.05) is 12.1 Å². The standard InChI is InChI=1S/C22H25BrN2O/c23-19-8-3-7-17(13-19)20-14-21(20)22(26)24-10-4-11-25-12-9-16-5-1-2-6-18(16)15-25/h1-3,5-8,13,20-21H,4,9-12,14-15H2,(H,24,26). The Hall–Kier alpha value is -1.65. The second-order valence-corrected chi connectivity index (χ2v) is 8.36. The number of hydrogen-bond acceptors (Lipinski definition) is 2. The summed E-state index contributed by atoms with van der Waals surface area (Å²) in [5, 5.41) is 3.14. The molecule has 4 heteroatoms. The summed E-state index contributed by atoms with van der Waals surface area (Å²) in [6, 6.07) is 17.1. The van der Waals surface area contributed by atoms with Crippen molar-refractivity contribution in [1.82, 2.24) is 10.2 Å². The van der Waals surface area contributed by atoms with Crippen LogP contribution < -0.4 is 5.32 Å². The monoisotopic (exact) mass is 412 g/mol. The average molecular weight is 413 g/mol. The van der Waals surface area contributed by atoms with Crippen molar-refractivity contribution in [2.24, 2.45) is 5.92 Å². The SMILES string of the molecule is O=C(NCCCN1CCc2ccccc2C1)C1CC1c1cccc(Br)c1. The molecule has 136 valence electrons. The van der Waals surface area contributed by atoms with Crippen molar-refractivity contribution in [2.75, 3.05) is 19.6 Å². The van der Waals surface area contributed by atoms with E-state index in [9.17, 15) is 4.79 Å². The molecule has 1 aliphatic heterocycles. The molecule has 0 saturated heterocycles. The van der Waals surface area contributed by atoms with Crippen LogP contribution in [0.15, 0.2) is 53.0 Å². The molecular weight excluding hydrogens is 388 g/mol. The van der Waals surface area contributed by atoms with Gasteiger partial charge in [-0.3, -0.25) is 9.69 Å². The molecule has 1 heterocycles. The first kappa shape index (κ1) is 17.7. The highest BCUT2D eigenvalue weighted by atomic mass is 79.9. The van der Waals surface area contributed by atoms with Gasteiger partial charge >= 0.3 is 0 Å². The highest BCUT2D eigenvalue weighted by molar-refractivity contribution is 9.10. The number of rotatable bonds is 6. The van der Waals surface area contributed by atoms with Crippen molar-refractivity contribution >= 4 is 21.8 Å². The Bertz CT molecular complexity index is 791. The quantitative estimate of drug-likeness (QED) is 0.723. The van der Waals surface area contributed by atoms with E-state index in [0.29, 0.717) is 5.92 Å². The Morgan fingerprint density at radius 1 is 1.15 bits per heavy atom. The minimum absolute atomic E-state index is 0.158. The second-order valence-electron chi connectivity index (χ2n) is 7.44. The molecule has 3 nitrogen and oxygen atoms in total. The highest BCUT2D eigenvalue weighted by Gasteiger charge is 2.43. The zero-order valence-electron chi connectivity index (χ0n) is 15.0. The van der Waals surface area contributed by atoms with Gasteiger partial charge in [-0.05, 0) is 54.0 Å². The fraction of sp³-hybridized carbons (Fsp3) is 0.409. The minimum atomic E-state index is 0.158. The van der Waals surface area contributed by atoms with E-state index in [-0.39, 0.29) is 11.8 Å². The minimum Gasteiger partial charge on any atom is -0.356 e. The Kier molecular flexibility index (Phi) is 5.41. The lowest BCUT2D eigenvalue weighted by Gasteiger charge is -2.28. The first-order chi connectivity index (χ1) is 12.7. The van der Waals surface area contributed by atoms with E-state index in [4.69, 9.17) is 0 Å². The topological polar surface area (TPSA) is 32.3 Å². The van der Waals surface area contributed by atoms with Crippen LogP contribution in [-0.4, -0.2) is 30.4 Å². The third-order valence-corrected chi connectivity index (χ3v) is 6.06. The van der Waals surface area contributed by atoms with Gasteiger partial charge in [0.15, 0.2) is 0 Å². The van der Waals surface area contributed by atoms with Crippen LogP contribution in [0.2, 0.25) is 0 Å². The first-order valence-corrected chi connectivity index (χ1v) is 10.3. The molecule has 1 N–H and O–H groups in total. The van der Waals surface area contributed by atoms with Crippen molar-refractivity contribution in [3.05, 3.63) is 69.7 Å². The van der Waals surface area contributed by atoms with Gasteiger partial charge in [0.1, 0.15) is 0 Å². The van der Waals surface area contributed by atoms with Gasteiger partial charge in [-0.1, -0.05) is 52.3 Å². The fourth-order valence-electron chi connectivity index (χ4n) is 3.98. The maximum absolute atomic E-state index is 12.4. The molecule has 26 heavy (non-hydrogen) atoms. The number of nitrogens with zero attached hydrogens (tertiary/aromatic N) is 1. The Labute approximate surface area is 163 Å². The van der Waals surface area contributed by atoms with Crippen LogP contribution in [0.25, 0.3) is 0 Å². The number of hydrogen-bond donors (Lipinski definition) is 1. The summed E-state index contributed by atoms with van der Waals surface area (Å²) < 4.78 is 1.09. The van der Waals surface area contributed by atoms with Gasteiger partial charge in [0, 0.05) is 36.6 Å². The number of nitrogens with one attached hydrogen (secondary N) is 1. The summed E-state index contributed by atoms with van der Waals surface area (Å²) in [5.41, 5.74) is 4.22. The predicted octanol–water partition coefficient (Wildman–Crippen LogP) is 4.12. The lowest BCUT2D eigenvalue weighted by atomic mass is 10.00. The molecule has 0 bridgehead atoms. The smallest absolute Gasteiger partial charge is 0.223 e. The number of carbonyl (C=O) groups excluding carboxylic acids is 1. The largest absolute Gasteiger partial charge is 0.356 e. The molecule has 1 saturated carbocycles. The lowest BCUT2D eigenvalue weighted by Crippen LogP contribution is -2.34. The van der Waals surface area contributed by atoms with E-state index in [1.54, 1.807) is 0 Å². The van der Waals surface area contributed by atoms with Crippen molar-refractivity contribution < 1.29 is 4.79 Å². The van der Waals surface area contributed by atoms with Gasteiger partial charge in [-0.2, -0.15) is 0 Å². The molecule has 2 aliphatic rings. The molecule has 0 aromatic heterocycles. The summed E-state index contributed by atoms with van der Waals surface area (Å²) in [4.78, 5) is 14.8. The fourth-order valence-corrected chi connectivity index (χ4v) is 4.40. The summed E-state index contributed by atoms with van der Waals surface area (Å²) >= 11 is 3.51. The van der Waals surface area contributed by atoms with Crippen molar-refractivity contribution in [1.29, 1.82) is 0 Å². The van der Waals surface area contributed by atoms with Crippen LogP contribution in [0.3, 0.4) is 0 Å². The first-order valence-electron chi connectivity index (χ1n) is 9.53.